The number of alkyl halides is 3. The van der Waals surface area contributed by atoms with Crippen LogP contribution in [0.15, 0.2) is 82.7 Å². The molecule has 0 N–H and O–H groups in total. The predicted molar refractivity (Wildman–Crippen MR) is 125 cm³/mol. The molecule has 0 aliphatic heterocycles. The van der Waals surface area contributed by atoms with Crippen molar-refractivity contribution in [1.82, 2.24) is 9.55 Å². The summed E-state index contributed by atoms with van der Waals surface area (Å²) in [5.74, 6) is 0.658. The Labute approximate surface area is 197 Å². The van der Waals surface area contributed by atoms with Gasteiger partial charge in [-0.05, 0) is 49.4 Å². The van der Waals surface area contributed by atoms with Crippen molar-refractivity contribution in [2.45, 2.75) is 18.3 Å². The number of carbonyl (C=O) groups excluding carboxylic acids is 1. The van der Waals surface area contributed by atoms with Gasteiger partial charge in [0.1, 0.15) is 5.75 Å². The number of carbonyl (C=O) groups is 1. The Morgan fingerprint density at radius 2 is 1.76 bits per heavy atom. The van der Waals surface area contributed by atoms with Crippen LogP contribution in [0.4, 0.5) is 13.2 Å². The first-order valence-electron chi connectivity index (χ1n) is 10.3. The van der Waals surface area contributed by atoms with Gasteiger partial charge in [-0.1, -0.05) is 42.1 Å². The summed E-state index contributed by atoms with van der Waals surface area (Å²) < 4.78 is 46.8. The molecule has 0 spiro atoms. The maximum absolute atomic E-state index is 13.3. The molecule has 9 heteroatoms. The Morgan fingerprint density at radius 1 is 1.03 bits per heavy atom. The lowest BCUT2D eigenvalue weighted by Gasteiger charge is -2.15. The number of thioether (sulfide) groups is 1. The fourth-order valence-corrected chi connectivity index (χ4v) is 4.26. The van der Waals surface area contributed by atoms with E-state index in [4.69, 9.17) is 4.74 Å². The van der Waals surface area contributed by atoms with Gasteiger partial charge in [-0.15, -0.1) is 0 Å². The van der Waals surface area contributed by atoms with Crippen LogP contribution in [-0.2, 0) is 6.18 Å². The largest absolute Gasteiger partial charge is 0.492 e. The van der Waals surface area contributed by atoms with Crippen LogP contribution in [-0.4, -0.2) is 27.7 Å². The van der Waals surface area contributed by atoms with Crippen molar-refractivity contribution < 1.29 is 22.7 Å². The number of aromatic nitrogens is 2. The van der Waals surface area contributed by atoms with Crippen molar-refractivity contribution in [3.05, 3.63) is 94.3 Å². The number of fused-ring (bicyclic) bond motifs is 1. The lowest BCUT2D eigenvalue weighted by Crippen LogP contribution is -2.22. The molecule has 0 aliphatic rings. The molecule has 3 aromatic carbocycles. The number of hydrogen-bond acceptors (Lipinski definition) is 5. The number of rotatable bonds is 7. The molecule has 0 aliphatic carbocycles. The van der Waals surface area contributed by atoms with E-state index in [1.54, 1.807) is 48.5 Å². The van der Waals surface area contributed by atoms with Crippen LogP contribution in [0.2, 0.25) is 0 Å². The number of hydrogen-bond donors (Lipinski definition) is 0. The highest BCUT2D eigenvalue weighted by atomic mass is 32.2. The first-order chi connectivity index (χ1) is 16.3. The summed E-state index contributed by atoms with van der Waals surface area (Å²) in [5, 5.41) is 0.544. The number of para-hydroxylation sites is 2. The summed E-state index contributed by atoms with van der Waals surface area (Å²) in [6, 6.07) is 18.1. The third kappa shape index (κ3) is 4.99. The lowest BCUT2D eigenvalue weighted by atomic mass is 10.1. The van der Waals surface area contributed by atoms with Crippen molar-refractivity contribution in [3.63, 3.8) is 0 Å². The van der Waals surface area contributed by atoms with Gasteiger partial charge in [-0.3, -0.25) is 14.2 Å². The molecule has 0 saturated carbocycles. The second-order valence-corrected chi connectivity index (χ2v) is 8.41. The van der Waals surface area contributed by atoms with E-state index in [9.17, 15) is 22.8 Å². The topological polar surface area (TPSA) is 61.2 Å². The monoisotopic (exact) mass is 484 g/mol. The highest BCUT2D eigenvalue weighted by Gasteiger charge is 2.31. The molecule has 1 heterocycles. The predicted octanol–water partition coefficient (Wildman–Crippen LogP) is 5.78. The Morgan fingerprint density at radius 3 is 2.53 bits per heavy atom. The third-order valence-corrected chi connectivity index (χ3v) is 5.92. The second kappa shape index (κ2) is 9.72. The van der Waals surface area contributed by atoms with Gasteiger partial charge in [0.25, 0.3) is 5.56 Å². The molecule has 0 saturated heterocycles. The van der Waals surface area contributed by atoms with Crippen LogP contribution in [0.1, 0.15) is 22.8 Å². The Hall–Kier alpha value is -3.59. The van der Waals surface area contributed by atoms with Crippen LogP contribution in [0.3, 0.4) is 0 Å². The van der Waals surface area contributed by atoms with E-state index in [2.05, 4.69) is 4.98 Å². The minimum absolute atomic E-state index is 0.0726. The summed E-state index contributed by atoms with van der Waals surface area (Å²) in [6.07, 6.45) is -4.55. The number of ketones is 1. The fourth-order valence-electron chi connectivity index (χ4n) is 3.43. The van der Waals surface area contributed by atoms with Crippen LogP contribution in [0, 0.1) is 0 Å². The molecule has 0 unspecified atom stereocenters. The van der Waals surface area contributed by atoms with Gasteiger partial charge in [0.05, 0.1) is 34.3 Å². The number of halogens is 3. The minimum atomic E-state index is -4.55. The molecule has 0 atom stereocenters. The van der Waals surface area contributed by atoms with Gasteiger partial charge < -0.3 is 4.74 Å². The number of nitrogens with zero attached hydrogens (tertiary/aromatic N) is 2. The van der Waals surface area contributed by atoms with Crippen LogP contribution < -0.4 is 10.3 Å². The first kappa shape index (κ1) is 23.6. The van der Waals surface area contributed by atoms with Gasteiger partial charge in [0, 0.05) is 5.75 Å². The van der Waals surface area contributed by atoms with Crippen molar-refractivity contribution in [1.29, 1.82) is 0 Å². The zero-order chi connectivity index (χ0) is 24.3. The Kier molecular flexibility index (Phi) is 6.74. The Bertz CT molecular complexity index is 1420. The number of Topliss-reactive ketones (excluding diaryl/α,β-unsaturated/α-hetero) is 1. The van der Waals surface area contributed by atoms with Crippen molar-refractivity contribution in [2.24, 2.45) is 0 Å². The van der Waals surface area contributed by atoms with Crippen LogP contribution >= 0.6 is 11.8 Å². The molecule has 0 amide bonds. The number of ether oxygens (including phenoxy) is 1. The lowest BCUT2D eigenvalue weighted by molar-refractivity contribution is -0.137. The van der Waals surface area contributed by atoms with Gasteiger partial charge >= 0.3 is 6.18 Å². The van der Waals surface area contributed by atoms with Crippen LogP contribution in [0.25, 0.3) is 16.6 Å². The van der Waals surface area contributed by atoms with E-state index in [0.29, 0.717) is 28.0 Å². The molecular weight excluding hydrogens is 465 g/mol. The first-order valence-corrected chi connectivity index (χ1v) is 11.3. The average molecular weight is 484 g/mol. The summed E-state index contributed by atoms with van der Waals surface area (Å²) in [4.78, 5) is 29.5. The molecular formula is C25H19F3N2O3S. The third-order valence-electron chi connectivity index (χ3n) is 5.02. The molecule has 0 radical (unpaired) electrons. The number of benzene rings is 3. The zero-order valence-electron chi connectivity index (χ0n) is 18.0. The maximum Gasteiger partial charge on any atom is 0.416 e. The van der Waals surface area contributed by atoms with Gasteiger partial charge in [-0.25, -0.2) is 4.98 Å². The van der Waals surface area contributed by atoms with Crippen LogP contribution in [0.5, 0.6) is 5.75 Å². The van der Waals surface area contributed by atoms with Gasteiger partial charge in [0.15, 0.2) is 10.9 Å². The zero-order valence-corrected chi connectivity index (χ0v) is 18.8. The second-order valence-electron chi connectivity index (χ2n) is 7.35. The van der Waals surface area contributed by atoms with Gasteiger partial charge in [-0.2, -0.15) is 13.2 Å². The Balaban J connectivity index is 1.66. The van der Waals surface area contributed by atoms with Crippen molar-refractivity contribution >= 4 is 28.4 Å². The quantitative estimate of drug-likeness (QED) is 0.144. The van der Waals surface area contributed by atoms with Crippen molar-refractivity contribution in [2.75, 3.05) is 12.4 Å². The fraction of sp³-hybridized carbons (Fsp3) is 0.160. The highest BCUT2D eigenvalue weighted by Crippen LogP contribution is 2.31. The smallest absolute Gasteiger partial charge is 0.416 e. The molecule has 34 heavy (non-hydrogen) atoms. The molecule has 4 aromatic rings. The van der Waals surface area contributed by atoms with E-state index in [-0.39, 0.29) is 23.2 Å². The van der Waals surface area contributed by atoms with Crippen molar-refractivity contribution in [3.8, 4) is 11.4 Å². The molecule has 1 aromatic heterocycles. The van der Waals surface area contributed by atoms with E-state index >= 15 is 0 Å². The highest BCUT2D eigenvalue weighted by molar-refractivity contribution is 7.99. The maximum atomic E-state index is 13.3. The molecule has 5 nitrogen and oxygen atoms in total. The van der Waals surface area contributed by atoms with E-state index in [1.807, 2.05) is 0 Å². The summed E-state index contributed by atoms with van der Waals surface area (Å²) in [5.41, 5.74) is -0.345. The molecule has 0 fully saturated rings. The minimum Gasteiger partial charge on any atom is -0.492 e. The standard InChI is InChI=1S/C25H19F3N2O3S/c1-16(31)19-9-3-5-12-22(19)33-13-14-34-24-29-21-11-4-2-10-20(21)23(32)30(24)18-8-6-7-17(15-18)25(26,27)28/h2-12,15H,13-14H2,1H3. The summed E-state index contributed by atoms with van der Waals surface area (Å²) in [7, 11) is 0. The SMILES string of the molecule is CC(=O)c1ccccc1OCCSc1nc2ccccc2c(=O)n1-c1cccc(C(F)(F)F)c1. The molecule has 174 valence electrons. The molecule has 4 rings (SSSR count). The van der Waals surface area contributed by atoms with E-state index in [0.717, 1.165) is 12.1 Å². The molecule has 0 bridgehead atoms. The van der Waals surface area contributed by atoms with E-state index < -0.39 is 17.3 Å². The van der Waals surface area contributed by atoms with E-state index in [1.165, 1.54) is 35.4 Å². The normalized spacial score (nSPS) is 11.5. The summed E-state index contributed by atoms with van der Waals surface area (Å²) >= 11 is 1.18. The summed E-state index contributed by atoms with van der Waals surface area (Å²) in [6.45, 7) is 1.64. The average Bonchev–Trinajstić information content (AvgIpc) is 2.82. The van der Waals surface area contributed by atoms with Gasteiger partial charge in [0.2, 0.25) is 0 Å².